The molecule has 6 nitrogen and oxygen atoms in total. The van der Waals surface area contributed by atoms with Crippen LogP contribution >= 0.6 is 11.8 Å². The van der Waals surface area contributed by atoms with Gasteiger partial charge < -0.3 is 9.80 Å². The molecular formula is C22H40N4O2S. The maximum atomic E-state index is 12.6. The molecule has 0 bridgehead atoms. The molecule has 1 N–H and O–H groups in total. The number of thioether (sulfide) groups is 1. The standard InChI is InChI=1S/C22H40N4O2S/c1-4-6-8-10-11-12-14-16-26-18-19(25(3)21(28)24-20(18)27)23-22(26)29-17-15-13-9-7-5-2/h18-19H,4-17H2,1-3H3,(H,24,27,28). The van der Waals surface area contributed by atoms with Crippen molar-refractivity contribution >= 4 is 28.9 Å². The Morgan fingerprint density at radius 3 is 2.14 bits per heavy atom. The average Bonchev–Trinajstić information content (AvgIpc) is 3.07. The lowest BCUT2D eigenvalue weighted by atomic mass is 10.1. The number of amidine groups is 1. The maximum absolute atomic E-state index is 12.6. The lowest BCUT2D eigenvalue weighted by Gasteiger charge is -2.36. The van der Waals surface area contributed by atoms with Crippen LogP contribution in [0.3, 0.4) is 0 Å². The molecule has 0 spiro atoms. The van der Waals surface area contributed by atoms with E-state index in [0.29, 0.717) is 0 Å². The van der Waals surface area contributed by atoms with Gasteiger partial charge in [0, 0.05) is 19.3 Å². The van der Waals surface area contributed by atoms with E-state index in [1.165, 1.54) is 70.6 Å². The number of fused-ring (bicyclic) bond motifs is 1. The van der Waals surface area contributed by atoms with E-state index in [1.807, 2.05) is 0 Å². The summed E-state index contributed by atoms with van der Waals surface area (Å²) in [5.74, 6) is 0.817. The van der Waals surface area contributed by atoms with Gasteiger partial charge in [0.1, 0.15) is 0 Å². The number of unbranched alkanes of at least 4 members (excludes halogenated alkanes) is 10. The molecule has 2 aliphatic heterocycles. The van der Waals surface area contributed by atoms with Crippen molar-refractivity contribution in [2.75, 3.05) is 19.3 Å². The molecule has 0 aromatic rings. The fourth-order valence-corrected chi connectivity index (χ4v) is 5.05. The van der Waals surface area contributed by atoms with E-state index in [-0.39, 0.29) is 24.1 Å². The zero-order valence-electron chi connectivity index (χ0n) is 18.6. The summed E-state index contributed by atoms with van der Waals surface area (Å²) < 4.78 is 0. The Labute approximate surface area is 181 Å². The topological polar surface area (TPSA) is 65.0 Å². The van der Waals surface area contributed by atoms with Gasteiger partial charge in [0.2, 0.25) is 0 Å². The highest BCUT2D eigenvalue weighted by atomic mass is 32.2. The van der Waals surface area contributed by atoms with E-state index in [0.717, 1.165) is 23.9 Å². The summed E-state index contributed by atoms with van der Waals surface area (Å²) in [5, 5.41) is 3.43. The zero-order chi connectivity index (χ0) is 21.1. The summed E-state index contributed by atoms with van der Waals surface area (Å²) in [6.07, 6.45) is 14.6. The minimum atomic E-state index is -0.386. The van der Waals surface area contributed by atoms with Gasteiger partial charge in [-0.1, -0.05) is 89.8 Å². The van der Waals surface area contributed by atoms with Gasteiger partial charge in [-0.25, -0.2) is 9.79 Å². The molecule has 29 heavy (non-hydrogen) atoms. The number of aliphatic imine (C=N–C) groups is 1. The van der Waals surface area contributed by atoms with Gasteiger partial charge in [-0.3, -0.25) is 10.1 Å². The first kappa shape index (κ1) is 24.0. The number of hydrogen-bond acceptors (Lipinski definition) is 5. The second-order valence-electron chi connectivity index (χ2n) is 8.25. The first-order valence-electron chi connectivity index (χ1n) is 11.6. The Kier molecular flexibility index (Phi) is 10.9. The number of hydrogen-bond donors (Lipinski definition) is 1. The summed E-state index contributed by atoms with van der Waals surface area (Å²) in [4.78, 5) is 33.1. The molecule has 166 valence electrons. The Hall–Kier alpha value is -1.24. The van der Waals surface area contributed by atoms with Crippen LogP contribution in [0.2, 0.25) is 0 Å². The molecule has 3 amide bonds. The van der Waals surface area contributed by atoms with E-state index < -0.39 is 0 Å². The molecule has 0 radical (unpaired) electrons. The smallest absolute Gasteiger partial charge is 0.325 e. The average molecular weight is 425 g/mol. The fourth-order valence-electron chi connectivity index (χ4n) is 3.96. The third-order valence-corrected chi connectivity index (χ3v) is 6.90. The Bertz CT molecular complexity index is 555. The first-order valence-corrected chi connectivity index (χ1v) is 12.6. The Morgan fingerprint density at radius 1 is 0.897 bits per heavy atom. The molecule has 0 aromatic carbocycles. The molecule has 2 rings (SSSR count). The van der Waals surface area contributed by atoms with Gasteiger partial charge >= 0.3 is 6.03 Å². The Morgan fingerprint density at radius 2 is 1.48 bits per heavy atom. The van der Waals surface area contributed by atoms with Crippen molar-refractivity contribution in [3.05, 3.63) is 0 Å². The van der Waals surface area contributed by atoms with Gasteiger partial charge in [-0.2, -0.15) is 0 Å². The number of urea groups is 1. The highest BCUT2D eigenvalue weighted by molar-refractivity contribution is 8.13. The number of nitrogens with one attached hydrogen (secondary N) is 1. The van der Waals surface area contributed by atoms with Crippen molar-refractivity contribution in [2.45, 2.75) is 103 Å². The minimum Gasteiger partial charge on any atom is -0.336 e. The lowest BCUT2D eigenvalue weighted by molar-refractivity contribution is -0.127. The molecule has 2 heterocycles. The lowest BCUT2D eigenvalue weighted by Crippen LogP contribution is -2.63. The zero-order valence-corrected chi connectivity index (χ0v) is 19.4. The van der Waals surface area contributed by atoms with E-state index in [4.69, 9.17) is 4.99 Å². The predicted molar refractivity (Wildman–Crippen MR) is 122 cm³/mol. The number of carbonyl (C=O) groups excluding carboxylic acids is 2. The van der Waals surface area contributed by atoms with Crippen LogP contribution in [0.5, 0.6) is 0 Å². The number of rotatable bonds is 14. The minimum absolute atomic E-state index is 0.205. The monoisotopic (exact) mass is 424 g/mol. The van der Waals surface area contributed by atoms with Crippen LogP contribution in [-0.2, 0) is 4.79 Å². The summed E-state index contributed by atoms with van der Waals surface area (Å²) in [6.45, 7) is 5.31. The van der Waals surface area contributed by atoms with Crippen molar-refractivity contribution in [3.63, 3.8) is 0 Å². The van der Waals surface area contributed by atoms with Crippen LogP contribution in [0, 0.1) is 0 Å². The van der Waals surface area contributed by atoms with E-state index in [9.17, 15) is 9.59 Å². The normalized spacial score (nSPS) is 21.4. The van der Waals surface area contributed by atoms with Gasteiger partial charge in [0.05, 0.1) is 0 Å². The van der Waals surface area contributed by atoms with Crippen LogP contribution in [-0.4, -0.2) is 58.5 Å². The van der Waals surface area contributed by atoms with Crippen LogP contribution in [0.25, 0.3) is 0 Å². The number of nitrogens with zero attached hydrogens (tertiary/aromatic N) is 3. The summed E-state index contributed by atoms with van der Waals surface area (Å²) in [5.41, 5.74) is 0. The van der Waals surface area contributed by atoms with Gasteiger partial charge in [0.25, 0.3) is 5.91 Å². The van der Waals surface area contributed by atoms with Crippen molar-refractivity contribution in [3.8, 4) is 0 Å². The molecule has 0 saturated carbocycles. The maximum Gasteiger partial charge on any atom is 0.325 e. The van der Waals surface area contributed by atoms with Crippen molar-refractivity contribution in [1.29, 1.82) is 0 Å². The molecule has 2 unspecified atom stereocenters. The van der Waals surface area contributed by atoms with Gasteiger partial charge in [-0.05, 0) is 12.8 Å². The fraction of sp³-hybridized carbons (Fsp3) is 0.864. The van der Waals surface area contributed by atoms with E-state index in [1.54, 1.807) is 23.7 Å². The van der Waals surface area contributed by atoms with Gasteiger partial charge in [0.15, 0.2) is 17.4 Å². The van der Waals surface area contributed by atoms with Crippen molar-refractivity contribution in [2.24, 2.45) is 4.99 Å². The predicted octanol–water partition coefficient (Wildman–Crippen LogP) is 4.99. The highest BCUT2D eigenvalue weighted by Crippen LogP contribution is 2.29. The van der Waals surface area contributed by atoms with E-state index >= 15 is 0 Å². The summed E-state index contributed by atoms with van der Waals surface area (Å²) >= 11 is 1.75. The van der Waals surface area contributed by atoms with Crippen molar-refractivity contribution < 1.29 is 9.59 Å². The number of amides is 3. The molecule has 7 heteroatoms. The summed E-state index contributed by atoms with van der Waals surface area (Å²) in [7, 11) is 1.73. The summed E-state index contributed by atoms with van der Waals surface area (Å²) in [6, 6.07) is -0.720. The van der Waals surface area contributed by atoms with Crippen LogP contribution < -0.4 is 5.32 Å². The quantitative estimate of drug-likeness (QED) is 0.399. The third kappa shape index (κ3) is 7.19. The largest absolute Gasteiger partial charge is 0.336 e. The molecular weight excluding hydrogens is 384 g/mol. The number of carbonyl (C=O) groups is 2. The molecule has 0 aliphatic carbocycles. The molecule has 2 aliphatic rings. The highest BCUT2D eigenvalue weighted by Gasteiger charge is 2.48. The second kappa shape index (κ2) is 13.1. The SMILES string of the molecule is CCCCCCCCCN1C(SCCCCCCC)=NC2C1C(=O)NC(=O)N2C. The van der Waals surface area contributed by atoms with Crippen LogP contribution in [0.15, 0.2) is 4.99 Å². The van der Waals surface area contributed by atoms with Crippen molar-refractivity contribution in [1.82, 2.24) is 15.1 Å². The number of likely N-dealkylation sites (N-methyl/N-ethyl adjacent to an activating group) is 1. The molecule has 0 aromatic heterocycles. The molecule has 2 atom stereocenters. The molecule has 1 saturated heterocycles. The Balaban J connectivity index is 1.88. The van der Waals surface area contributed by atoms with Gasteiger partial charge in [-0.15, -0.1) is 0 Å². The molecule has 1 fully saturated rings. The second-order valence-corrected chi connectivity index (χ2v) is 9.31. The van der Waals surface area contributed by atoms with Crippen LogP contribution in [0.4, 0.5) is 4.79 Å². The van der Waals surface area contributed by atoms with Crippen LogP contribution in [0.1, 0.15) is 90.9 Å². The first-order chi connectivity index (χ1) is 14.1. The van der Waals surface area contributed by atoms with E-state index in [2.05, 4.69) is 24.1 Å². The third-order valence-electron chi connectivity index (χ3n) is 5.80. The number of imide groups is 1.